The van der Waals surface area contributed by atoms with Gasteiger partial charge < -0.3 is 18.6 Å². The molecule has 1 aromatic rings. The second kappa shape index (κ2) is 5.88. The van der Waals surface area contributed by atoms with Gasteiger partial charge in [-0.2, -0.15) is 8.42 Å². The van der Waals surface area contributed by atoms with Crippen molar-refractivity contribution in [3.8, 4) is 17.2 Å². The number of hydrogen-bond acceptors (Lipinski definition) is 6. The quantitative estimate of drug-likeness (QED) is 0.759. The standard InChI is InChI=1S/C13H19NO5S/c1-4-14(2)8-11-9-17-12-6-5-10(7-13(12)18-11)19-20(3,15)16/h5-7,11H,4,8-9H2,1-3H3. The maximum absolute atomic E-state index is 11.1. The highest BCUT2D eigenvalue weighted by molar-refractivity contribution is 7.86. The summed E-state index contributed by atoms with van der Waals surface area (Å²) < 4.78 is 38.5. The number of benzene rings is 1. The molecule has 0 aromatic heterocycles. The van der Waals surface area contributed by atoms with Crippen LogP contribution in [-0.4, -0.2) is 52.4 Å². The number of fused-ring (bicyclic) bond motifs is 1. The van der Waals surface area contributed by atoms with Crippen LogP contribution >= 0.6 is 0 Å². The fourth-order valence-corrected chi connectivity index (χ4v) is 2.34. The first-order valence-corrected chi connectivity index (χ1v) is 8.20. The molecule has 0 radical (unpaired) electrons. The van der Waals surface area contributed by atoms with E-state index in [1.54, 1.807) is 12.1 Å². The second-order valence-corrected chi connectivity index (χ2v) is 6.38. The minimum absolute atomic E-state index is 0.0825. The first kappa shape index (κ1) is 14.9. The third-order valence-corrected chi connectivity index (χ3v) is 3.43. The van der Waals surface area contributed by atoms with Crippen molar-refractivity contribution in [3.63, 3.8) is 0 Å². The maximum Gasteiger partial charge on any atom is 0.306 e. The van der Waals surface area contributed by atoms with Crippen LogP contribution in [0.5, 0.6) is 17.2 Å². The lowest BCUT2D eigenvalue weighted by atomic mass is 10.2. The maximum atomic E-state index is 11.1. The summed E-state index contributed by atoms with van der Waals surface area (Å²) in [4.78, 5) is 2.12. The molecule has 0 saturated carbocycles. The number of likely N-dealkylation sites (N-methyl/N-ethyl adjacent to an activating group) is 1. The van der Waals surface area contributed by atoms with Gasteiger partial charge in [-0.3, -0.25) is 0 Å². The molecule has 0 aliphatic carbocycles. The molecule has 0 fully saturated rings. The SMILES string of the molecule is CCN(C)CC1COc2ccc(OS(C)(=O)=O)cc2O1. The molecule has 1 aliphatic rings. The molecule has 1 unspecified atom stereocenters. The van der Waals surface area contributed by atoms with Gasteiger partial charge >= 0.3 is 10.1 Å². The summed E-state index contributed by atoms with van der Waals surface area (Å²) in [5.74, 6) is 1.33. The van der Waals surface area contributed by atoms with Gasteiger partial charge in [0.25, 0.3) is 0 Å². The Bertz CT molecular complexity index is 572. The van der Waals surface area contributed by atoms with Gasteiger partial charge in [0, 0.05) is 12.6 Å². The van der Waals surface area contributed by atoms with E-state index in [0.29, 0.717) is 18.1 Å². The molecule has 7 heteroatoms. The lowest BCUT2D eigenvalue weighted by Crippen LogP contribution is -2.39. The Morgan fingerprint density at radius 3 is 2.80 bits per heavy atom. The molecule has 1 heterocycles. The molecule has 2 rings (SSSR count). The van der Waals surface area contributed by atoms with Gasteiger partial charge in [-0.05, 0) is 25.7 Å². The third-order valence-electron chi connectivity index (χ3n) is 2.94. The summed E-state index contributed by atoms with van der Waals surface area (Å²) in [6, 6.07) is 4.73. The van der Waals surface area contributed by atoms with E-state index in [1.807, 2.05) is 7.05 Å². The molecule has 6 nitrogen and oxygen atoms in total. The molecule has 0 amide bonds. The summed E-state index contributed by atoms with van der Waals surface area (Å²) >= 11 is 0. The van der Waals surface area contributed by atoms with Crippen molar-refractivity contribution in [2.75, 3.05) is 33.0 Å². The zero-order valence-corrected chi connectivity index (χ0v) is 12.6. The zero-order chi connectivity index (χ0) is 14.8. The van der Waals surface area contributed by atoms with Gasteiger partial charge in [0.1, 0.15) is 18.5 Å². The fourth-order valence-electron chi connectivity index (χ4n) is 1.89. The Labute approximate surface area is 119 Å². The largest absolute Gasteiger partial charge is 0.486 e. The summed E-state index contributed by atoms with van der Waals surface area (Å²) in [5.41, 5.74) is 0. The number of hydrogen-bond donors (Lipinski definition) is 0. The highest BCUT2D eigenvalue weighted by Crippen LogP contribution is 2.35. The molecule has 1 aliphatic heterocycles. The highest BCUT2D eigenvalue weighted by Gasteiger charge is 2.23. The van der Waals surface area contributed by atoms with E-state index in [4.69, 9.17) is 13.7 Å². The van der Waals surface area contributed by atoms with Crippen molar-refractivity contribution in [1.82, 2.24) is 4.90 Å². The minimum Gasteiger partial charge on any atom is -0.486 e. The van der Waals surface area contributed by atoms with Crippen molar-refractivity contribution >= 4 is 10.1 Å². The number of rotatable bonds is 5. The van der Waals surface area contributed by atoms with E-state index in [9.17, 15) is 8.42 Å². The zero-order valence-electron chi connectivity index (χ0n) is 11.8. The van der Waals surface area contributed by atoms with Gasteiger partial charge in [0.2, 0.25) is 0 Å². The first-order valence-electron chi connectivity index (χ1n) is 6.39. The molecule has 1 aromatic carbocycles. The number of nitrogens with zero attached hydrogens (tertiary/aromatic N) is 1. The first-order chi connectivity index (χ1) is 9.37. The molecule has 0 spiro atoms. The Balaban J connectivity index is 2.11. The van der Waals surface area contributed by atoms with Crippen LogP contribution in [0, 0.1) is 0 Å². The Morgan fingerprint density at radius 1 is 1.40 bits per heavy atom. The van der Waals surface area contributed by atoms with Crippen LogP contribution in [0.25, 0.3) is 0 Å². The second-order valence-electron chi connectivity index (χ2n) is 4.80. The third kappa shape index (κ3) is 4.01. The molecule has 0 N–H and O–H groups in total. The monoisotopic (exact) mass is 301 g/mol. The molecular formula is C13H19NO5S. The molecule has 20 heavy (non-hydrogen) atoms. The summed E-state index contributed by atoms with van der Waals surface area (Å²) in [6.45, 7) is 4.20. The molecule has 112 valence electrons. The summed E-state index contributed by atoms with van der Waals surface area (Å²) in [6.07, 6.45) is 0.920. The van der Waals surface area contributed by atoms with Crippen LogP contribution < -0.4 is 13.7 Å². The van der Waals surface area contributed by atoms with Crippen molar-refractivity contribution in [2.45, 2.75) is 13.0 Å². The van der Waals surface area contributed by atoms with Gasteiger partial charge in [0.05, 0.1) is 6.26 Å². The predicted molar refractivity (Wildman–Crippen MR) is 75.0 cm³/mol. The number of ether oxygens (including phenoxy) is 2. The molecule has 0 saturated heterocycles. The Morgan fingerprint density at radius 2 is 2.15 bits per heavy atom. The average molecular weight is 301 g/mol. The van der Waals surface area contributed by atoms with E-state index in [-0.39, 0.29) is 11.9 Å². The fraction of sp³-hybridized carbons (Fsp3) is 0.538. The highest BCUT2D eigenvalue weighted by atomic mass is 32.2. The molecular weight excluding hydrogens is 282 g/mol. The van der Waals surface area contributed by atoms with Crippen LogP contribution in [0.2, 0.25) is 0 Å². The molecule has 0 bridgehead atoms. The van der Waals surface area contributed by atoms with E-state index in [2.05, 4.69) is 11.8 Å². The van der Waals surface area contributed by atoms with Crippen LogP contribution in [0.1, 0.15) is 6.92 Å². The Hall–Kier alpha value is -1.47. The van der Waals surface area contributed by atoms with Crippen molar-refractivity contribution in [3.05, 3.63) is 18.2 Å². The lowest BCUT2D eigenvalue weighted by molar-refractivity contribution is 0.0665. The smallest absolute Gasteiger partial charge is 0.306 e. The van der Waals surface area contributed by atoms with Crippen LogP contribution in [0.15, 0.2) is 18.2 Å². The van der Waals surface area contributed by atoms with E-state index in [0.717, 1.165) is 19.3 Å². The topological polar surface area (TPSA) is 65.1 Å². The normalized spacial score (nSPS) is 18.1. The van der Waals surface area contributed by atoms with E-state index in [1.165, 1.54) is 6.07 Å². The summed E-state index contributed by atoms with van der Waals surface area (Å²) in [5, 5.41) is 0. The van der Waals surface area contributed by atoms with E-state index >= 15 is 0 Å². The van der Waals surface area contributed by atoms with E-state index < -0.39 is 10.1 Å². The van der Waals surface area contributed by atoms with Gasteiger partial charge in [-0.25, -0.2) is 0 Å². The minimum atomic E-state index is -3.54. The lowest BCUT2D eigenvalue weighted by Gasteiger charge is -2.29. The van der Waals surface area contributed by atoms with Crippen molar-refractivity contribution in [2.24, 2.45) is 0 Å². The van der Waals surface area contributed by atoms with Crippen LogP contribution in [-0.2, 0) is 10.1 Å². The van der Waals surface area contributed by atoms with Crippen molar-refractivity contribution < 1.29 is 22.1 Å². The van der Waals surface area contributed by atoms with Crippen LogP contribution in [0.3, 0.4) is 0 Å². The molecule has 1 atom stereocenters. The van der Waals surface area contributed by atoms with Gasteiger partial charge in [-0.15, -0.1) is 0 Å². The van der Waals surface area contributed by atoms with Crippen LogP contribution in [0.4, 0.5) is 0 Å². The van der Waals surface area contributed by atoms with Gasteiger partial charge in [-0.1, -0.05) is 6.92 Å². The average Bonchev–Trinajstić information content (AvgIpc) is 2.36. The van der Waals surface area contributed by atoms with Crippen molar-refractivity contribution in [1.29, 1.82) is 0 Å². The predicted octanol–water partition coefficient (Wildman–Crippen LogP) is 1.12. The summed E-state index contributed by atoms with van der Waals surface area (Å²) in [7, 11) is -1.54. The van der Waals surface area contributed by atoms with Gasteiger partial charge in [0.15, 0.2) is 11.5 Å². The Kier molecular flexibility index (Phi) is 4.39.